The van der Waals surface area contributed by atoms with E-state index >= 15 is 0 Å². The molecule has 1 atom stereocenters. The molecule has 5 nitrogen and oxygen atoms in total. The van der Waals surface area contributed by atoms with Crippen LogP contribution in [0.2, 0.25) is 0 Å². The Labute approximate surface area is 222 Å². The Hall–Kier alpha value is -2.87. The Morgan fingerprint density at radius 2 is 1.63 bits per heavy atom. The predicted molar refractivity (Wildman–Crippen MR) is 148 cm³/mol. The minimum Gasteiger partial charge on any atom is -0.484 e. The average molecular weight is 584 g/mol. The summed E-state index contributed by atoms with van der Waals surface area (Å²) < 4.78 is 6.91. The van der Waals surface area contributed by atoms with Crippen LogP contribution < -0.4 is 10.1 Å². The minimum absolute atomic E-state index is 0.144. The van der Waals surface area contributed by atoms with Gasteiger partial charge in [0, 0.05) is 23.1 Å². The van der Waals surface area contributed by atoms with E-state index < -0.39 is 6.04 Å². The molecule has 0 bridgehead atoms. The molecule has 3 aromatic carbocycles. The van der Waals surface area contributed by atoms with Gasteiger partial charge in [0.05, 0.1) is 0 Å². The first-order chi connectivity index (χ1) is 16.8. The van der Waals surface area contributed by atoms with Gasteiger partial charge in [0.2, 0.25) is 5.91 Å². The maximum absolute atomic E-state index is 13.6. The van der Waals surface area contributed by atoms with Gasteiger partial charge in [-0.15, -0.1) is 0 Å². The fourth-order valence-electron chi connectivity index (χ4n) is 3.74. The molecule has 3 aromatic rings. The molecule has 1 N–H and O–H groups in total. The molecule has 3 rings (SSSR count). The van der Waals surface area contributed by atoms with E-state index in [4.69, 9.17) is 4.74 Å². The number of nitrogens with zero attached hydrogens (tertiary/aromatic N) is 1. The number of carbonyl (C=O) groups is 2. The zero-order valence-electron chi connectivity index (χ0n) is 20.5. The highest BCUT2D eigenvalue weighted by molar-refractivity contribution is 14.1. The van der Waals surface area contributed by atoms with Crippen molar-refractivity contribution in [2.75, 3.05) is 13.2 Å². The van der Waals surface area contributed by atoms with E-state index in [1.54, 1.807) is 4.90 Å². The Balaban J connectivity index is 1.89. The normalized spacial score (nSPS) is 11.7. The molecule has 0 aliphatic heterocycles. The van der Waals surface area contributed by atoms with Crippen LogP contribution in [0.1, 0.15) is 30.5 Å². The number of nitrogens with one attached hydrogen (secondary N) is 1. The molecule has 0 saturated heterocycles. The SMILES string of the molecule is Cc1cccc(CN(C(=O)COc2ccc(I)cc2)C(Cc2ccccc2)C(=O)NCC(C)C)c1. The first-order valence-electron chi connectivity index (χ1n) is 11.9. The van der Waals surface area contributed by atoms with Crippen LogP contribution in [-0.4, -0.2) is 35.9 Å². The molecule has 0 heterocycles. The van der Waals surface area contributed by atoms with Gasteiger partial charge in [-0.1, -0.05) is 74.0 Å². The third kappa shape index (κ3) is 8.69. The molecule has 0 aliphatic carbocycles. The van der Waals surface area contributed by atoms with E-state index in [0.29, 0.717) is 31.2 Å². The van der Waals surface area contributed by atoms with Gasteiger partial charge in [-0.2, -0.15) is 0 Å². The lowest BCUT2D eigenvalue weighted by molar-refractivity contribution is -0.142. The first-order valence-corrected chi connectivity index (χ1v) is 12.9. The third-order valence-corrected chi connectivity index (χ3v) is 6.29. The standard InChI is InChI=1S/C29H33IN2O3/c1-21(2)18-31-29(34)27(17-23-9-5-4-6-10-23)32(19-24-11-7-8-22(3)16-24)28(33)20-35-26-14-12-25(30)13-15-26/h4-16,21,27H,17-20H2,1-3H3,(H,31,34). The number of amides is 2. The highest BCUT2D eigenvalue weighted by atomic mass is 127. The lowest BCUT2D eigenvalue weighted by Crippen LogP contribution is -2.52. The summed E-state index contributed by atoms with van der Waals surface area (Å²) in [6, 6.07) is 24.7. The molecule has 0 aliphatic rings. The molecule has 184 valence electrons. The lowest BCUT2D eigenvalue weighted by atomic mass is 10.0. The summed E-state index contributed by atoms with van der Waals surface area (Å²) in [5.74, 6) is 0.545. The molecule has 0 fully saturated rings. The van der Waals surface area contributed by atoms with E-state index in [1.165, 1.54) is 0 Å². The number of hydrogen-bond acceptors (Lipinski definition) is 3. The van der Waals surface area contributed by atoms with Gasteiger partial charge in [0.25, 0.3) is 5.91 Å². The van der Waals surface area contributed by atoms with Gasteiger partial charge < -0.3 is 15.0 Å². The van der Waals surface area contributed by atoms with Crippen molar-refractivity contribution in [3.05, 3.63) is 99.1 Å². The Bertz CT molecular complexity index is 1100. The van der Waals surface area contributed by atoms with Crippen molar-refractivity contribution in [3.63, 3.8) is 0 Å². The number of aryl methyl sites for hydroxylation is 1. The number of rotatable bonds is 11. The topological polar surface area (TPSA) is 58.6 Å². The summed E-state index contributed by atoms with van der Waals surface area (Å²) in [5.41, 5.74) is 3.08. The number of benzene rings is 3. The first kappa shape index (κ1) is 26.7. The predicted octanol–water partition coefficient (Wildman–Crippen LogP) is 5.39. The zero-order chi connectivity index (χ0) is 25.2. The summed E-state index contributed by atoms with van der Waals surface area (Å²) in [6.45, 7) is 6.86. The second kappa shape index (κ2) is 13.3. The maximum Gasteiger partial charge on any atom is 0.261 e. The average Bonchev–Trinajstić information content (AvgIpc) is 2.85. The van der Waals surface area contributed by atoms with Crippen molar-refractivity contribution in [2.45, 2.75) is 39.8 Å². The molecule has 1 unspecified atom stereocenters. The van der Waals surface area contributed by atoms with Crippen LogP contribution in [0, 0.1) is 16.4 Å². The highest BCUT2D eigenvalue weighted by Gasteiger charge is 2.30. The summed E-state index contributed by atoms with van der Waals surface area (Å²) >= 11 is 2.23. The number of ether oxygens (including phenoxy) is 1. The largest absolute Gasteiger partial charge is 0.484 e. The van der Waals surface area contributed by atoms with Crippen LogP contribution in [0.4, 0.5) is 0 Å². The van der Waals surface area contributed by atoms with Crippen molar-refractivity contribution < 1.29 is 14.3 Å². The highest BCUT2D eigenvalue weighted by Crippen LogP contribution is 2.18. The smallest absolute Gasteiger partial charge is 0.261 e. The summed E-state index contributed by atoms with van der Waals surface area (Å²) in [7, 11) is 0. The molecule has 0 aromatic heterocycles. The van der Waals surface area contributed by atoms with Gasteiger partial charge in [-0.05, 0) is 70.8 Å². The zero-order valence-corrected chi connectivity index (χ0v) is 22.7. The van der Waals surface area contributed by atoms with Crippen molar-refractivity contribution in [1.82, 2.24) is 10.2 Å². The summed E-state index contributed by atoms with van der Waals surface area (Å²) in [4.78, 5) is 28.6. The van der Waals surface area contributed by atoms with E-state index in [2.05, 4.69) is 41.8 Å². The molecule has 35 heavy (non-hydrogen) atoms. The Kier molecular flexibility index (Phi) is 10.1. The second-order valence-electron chi connectivity index (χ2n) is 9.10. The van der Waals surface area contributed by atoms with E-state index in [1.807, 2.05) is 85.8 Å². The fourth-order valence-corrected chi connectivity index (χ4v) is 4.10. The van der Waals surface area contributed by atoms with E-state index in [-0.39, 0.29) is 18.4 Å². The third-order valence-electron chi connectivity index (χ3n) is 5.57. The van der Waals surface area contributed by atoms with Gasteiger partial charge in [-0.3, -0.25) is 9.59 Å². The van der Waals surface area contributed by atoms with Crippen LogP contribution in [0.3, 0.4) is 0 Å². The number of halogens is 1. The monoisotopic (exact) mass is 584 g/mol. The molecular formula is C29H33IN2O3. The van der Waals surface area contributed by atoms with Gasteiger partial charge in [0.15, 0.2) is 6.61 Å². The van der Waals surface area contributed by atoms with Crippen molar-refractivity contribution >= 4 is 34.4 Å². The van der Waals surface area contributed by atoms with Crippen LogP contribution >= 0.6 is 22.6 Å². The van der Waals surface area contributed by atoms with Gasteiger partial charge in [-0.25, -0.2) is 0 Å². The summed E-state index contributed by atoms with van der Waals surface area (Å²) in [5, 5.41) is 3.04. The molecule has 2 amide bonds. The summed E-state index contributed by atoms with van der Waals surface area (Å²) in [6.07, 6.45) is 0.422. The van der Waals surface area contributed by atoms with Crippen molar-refractivity contribution in [1.29, 1.82) is 0 Å². The Morgan fingerprint density at radius 3 is 2.29 bits per heavy atom. The van der Waals surface area contributed by atoms with Crippen LogP contribution in [0.25, 0.3) is 0 Å². The van der Waals surface area contributed by atoms with Gasteiger partial charge >= 0.3 is 0 Å². The lowest BCUT2D eigenvalue weighted by Gasteiger charge is -2.31. The molecule has 0 spiro atoms. The Morgan fingerprint density at radius 1 is 0.943 bits per heavy atom. The fraction of sp³-hybridized carbons (Fsp3) is 0.310. The van der Waals surface area contributed by atoms with Crippen molar-refractivity contribution in [2.24, 2.45) is 5.92 Å². The molecule has 6 heteroatoms. The minimum atomic E-state index is -0.663. The molecule has 0 radical (unpaired) electrons. The van der Waals surface area contributed by atoms with Crippen LogP contribution in [0.15, 0.2) is 78.9 Å². The number of carbonyl (C=O) groups excluding carboxylic acids is 2. The second-order valence-corrected chi connectivity index (χ2v) is 10.3. The molecule has 0 saturated carbocycles. The molecular weight excluding hydrogens is 551 g/mol. The van der Waals surface area contributed by atoms with Gasteiger partial charge in [0.1, 0.15) is 11.8 Å². The quantitative estimate of drug-likeness (QED) is 0.308. The maximum atomic E-state index is 13.6. The van der Waals surface area contributed by atoms with Crippen LogP contribution in [-0.2, 0) is 22.6 Å². The number of hydrogen-bond donors (Lipinski definition) is 1. The van der Waals surface area contributed by atoms with Crippen LogP contribution in [0.5, 0.6) is 5.75 Å². The van der Waals surface area contributed by atoms with E-state index in [9.17, 15) is 9.59 Å². The van der Waals surface area contributed by atoms with Crippen molar-refractivity contribution in [3.8, 4) is 5.75 Å². The van der Waals surface area contributed by atoms with E-state index in [0.717, 1.165) is 20.3 Å².